The second-order valence-electron chi connectivity index (χ2n) is 4.63. The summed E-state index contributed by atoms with van der Waals surface area (Å²) in [5.74, 6) is 0.869. The Bertz CT molecular complexity index is 639. The number of thiazole rings is 1. The van der Waals surface area contributed by atoms with Crippen LogP contribution in [0.2, 0.25) is 0 Å². The van der Waals surface area contributed by atoms with Crippen molar-refractivity contribution in [3.63, 3.8) is 0 Å². The van der Waals surface area contributed by atoms with Gasteiger partial charge in [-0.25, -0.2) is 4.98 Å². The Labute approximate surface area is 126 Å². The summed E-state index contributed by atoms with van der Waals surface area (Å²) in [6.07, 6.45) is 0. The molecule has 0 aliphatic carbocycles. The predicted molar refractivity (Wildman–Crippen MR) is 83.6 cm³/mol. The number of carbonyl (C=O) groups is 1. The maximum Gasteiger partial charge on any atom is 0.277 e. The van der Waals surface area contributed by atoms with Crippen LogP contribution in [0, 0.1) is 0 Å². The summed E-state index contributed by atoms with van der Waals surface area (Å²) in [7, 11) is 0. The quantitative estimate of drug-likeness (QED) is 0.927. The van der Waals surface area contributed by atoms with Crippen molar-refractivity contribution in [2.24, 2.45) is 5.73 Å². The van der Waals surface area contributed by atoms with Crippen LogP contribution < -0.4 is 10.6 Å². The molecule has 1 aromatic carbocycles. The van der Waals surface area contributed by atoms with E-state index in [4.69, 9.17) is 5.73 Å². The first-order chi connectivity index (χ1) is 9.66. The molecule has 0 radical (unpaired) electrons. The summed E-state index contributed by atoms with van der Waals surface area (Å²) in [6.45, 7) is 2.59. The first-order valence-electron chi connectivity index (χ1n) is 6.41. The highest BCUT2D eigenvalue weighted by Gasteiger charge is 2.25. The molecule has 104 valence electrons. The Morgan fingerprint density at radius 3 is 3.00 bits per heavy atom. The van der Waals surface area contributed by atoms with E-state index in [0.717, 1.165) is 21.3 Å². The van der Waals surface area contributed by atoms with Crippen molar-refractivity contribution in [3.05, 3.63) is 40.3 Å². The third-order valence-electron chi connectivity index (χ3n) is 3.10. The van der Waals surface area contributed by atoms with Crippen LogP contribution in [0.4, 0.5) is 5.69 Å². The second-order valence-corrected chi connectivity index (χ2v) is 6.66. The second kappa shape index (κ2) is 5.55. The Morgan fingerprint density at radius 1 is 1.45 bits per heavy atom. The molecule has 20 heavy (non-hydrogen) atoms. The molecule has 2 heterocycles. The fourth-order valence-electron chi connectivity index (χ4n) is 2.11. The molecule has 1 aromatic heterocycles. The molecule has 0 saturated heterocycles. The zero-order chi connectivity index (χ0) is 14.1. The summed E-state index contributed by atoms with van der Waals surface area (Å²) < 4.78 is 0. The third-order valence-corrected chi connectivity index (χ3v) is 5.19. The number of fused-ring (bicyclic) bond motifs is 1. The molecule has 0 saturated carbocycles. The van der Waals surface area contributed by atoms with E-state index >= 15 is 0 Å². The zero-order valence-corrected chi connectivity index (χ0v) is 12.7. The molecule has 4 nitrogen and oxygen atoms in total. The average Bonchev–Trinajstić information content (AvgIpc) is 2.96. The van der Waals surface area contributed by atoms with Gasteiger partial charge in [-0.15, -0.1) is 23.1 Å². The lowest BCUT2D eigenvalue weighted by Crippen LogP contribution is -2.35. The van der Waals surface area contributed by atoms with E-state index in [1.54, 1.807) is 17.1 Å². The number of anilines is 1. The molecule has 0 spiro atoms. The van der Waals surface area contributed by atoms with E-state index in [9.17, 15) is 4.79 Å². The Kier molecular flexibility index (Phi) is 3.78. The highest BCUT2D eigenvalue weighted by molar-refractivity contribution is 7.99. The van der Waals surface area contributed by atoms with Gasteiger partial charge in [0.25, 0.3) is 5.91 Å². The molecule has 0 bridgehead atoms. The molecule has 3 rings (SSSR count). The number of hydrogen-bond donors (Lipinski definition) is 1. The van der Waals surface area contributed by atoms with E-state index < -0.39 is 0 Å². The summed E-state index contributed by atoms with van der Waals surface area (Å²) in [5, 5.41) is 2.60. The molecule has 6 heteroatoms. The number of carbonyl (C=O) groups excluding carboxylic acids is 1. The first-order valence-corrected chi connectivity index (χ1v) is 8.28. The summed E-state index contributed by atoms with van der Waals surface area (Å²) in [6, 6.07) is 7.85. The molecule has 1 unspecified atom stereocenters. The monoisotopic (exact) mass is 305 g/mol. The molecule has 2 aromatic rings. The Hall–Kier alpha value is -1.37. The molecular weight excluding hydrogens is 290 g/mol. The number of nitrogens with zero attached hydrogens (tertiary/aromatic N) is 2. The number of hydrogen-bond acceptors (Lipinski definition) is 5. The van der Waals surface area contributed by atoms with Crippen LogP contribution in [0.25, 0.3) is 0 Å². The number of aromatic nitrogens is 1. The highest BCUT2D eigenvalue weighted by Crippen LogP contribution is 2.35. The van der Waals surface area contributed by atoms with Crippen molar-refractivity contribution < 1.29 is 4.79 Å². The number of nitrogens with two attached hydrogens (primary N) is 1. The molecular formula is C14H15N3OS2. The van der Waals surface area contributed by atoms with E-state index in [1.165, 1.54) is 11.3 Å². The minimum absolute atomic E-state index is 0.0408. The maximum atomic E-state index is 12.6. The van der Waals surface area contributed by atoms with Gasteiger partial charge in [0, 0.05) is 22.6 Å². The van der Waals surface area contributed by atoms with Gasteiger partial charge >= 0.3 is 0 Å². The van der Waals surface area contributed by atoms with Crippen molar-refractivity contribution >= 4 is 34.7 Å². The summed E-state index contributed by atoms with van der Waals surface area (Å²) in [4.78, 5) is 19.9. The van der Waals surface area contributed by atoms with Gasteiger partial charge in [0.2, 0.25) is 0 Å². The van der Waals surface area contributed by atoms with Gasteiger partial charge in [-0.2, -0.15) is 0 Å². The number of thioether (sulfide) groups is 1. The van der Waals surface area contributed by atoms with Crippen LogP contribution in [0.1, 0.15) is 28.5 Å². The molecule has 1 atom stereocenters. The van der Waals surface area contributed by atoms with E-state index in [1.807, 2.05) is 36.1 Å². The van der Waals surface area contributed by atoms with E-state index in [-0.39, 0.29) is 11.9 Å². The zero-order valence-electron chi connectivity index (χ0n) is 11.1. The maximum absolute atomic E-state index is 12.6. The molecule has 1 aliphatic rings. The van der Waals surface area contributed by atoms with Gasteiger partial charge in [-0.05, 0) is 19.1 Å². The minimum atomic E-state index is -0.134. The van der Waals surface area contributed by atoms with Crippen molar-refractivity contribution in [2.75, 3.05) is 17.2 Å². The van der Waals surface area contributed by atoms with Crippen molar-refractivity contribution in [2.45, 2.75) is 17.9 Å². The van der Waals surface area contributed by atoms with Crippen LogP contribution in [0.15, 0.2) is 34.5 Å². The van der Waals surface area contributed by atoms with Gasteiger partial charge in [-0.3, -0.25) is 4.79 Å². The number of rotatable bonds is 2. The van der Waals surface area contributed by atoms with Gasteiger partial charge in [0.1, 0.15) is 10.7 Å². The van der Waals surface area contributed by atoms with Crippen molar-refractivity contribution in [3.8, 4) is 0 Å². The topological polar surface area (TPSA) is 59.2 Å². The fourth-order valence-corrected chi connectivity index (χ4v) is 3.86. The van der Waals surface area contributed by atoms with Crippen molar-refractivity contribution in [1.82, 2.24) is 4.98 Å². The SMILES string of the molecule is CC(N)c1nc(C(=O)N2CCSc3ccccc32)cs1. The lowest BCUT2D eigenvalue weighted by atomic mass is 10.2. The van der Waals surface area contributed by atoms with Gasteiger partial charge in [-0.1, -0.05) is 12.1 Å². The Balaban J connectivity index is 1.91. The van der Waals surface area contributed by atoms with Gasteiger partial charge < -0.3 is 10.6 Å². The molecule has 2 N–H and O–H groups in total. The summed E-state index contributed by atoms with van der Waals surface area (Å²) in [5.41, 5.74) is 7.27. The van der Waals surface area contributed by atoms with Crippen LogP contribution >= 0.6 is 23.1 Å². The standard InChI is InChI=1S/C14H15N3OS2/c1-9(15)13-16-10(8-20-13)14(18)17-6-7-19-12-5-3-2-4-11(12)17/h2-5,8-9H,6-7,15H2,1H3. The smallest absolute Gasteiger partial charge is 0.277 e. The van der Waals surface area contributed by atoms with Gasteiger partial charge in [0.15, 0.2) is 0 Å². The minimum Gasteiger partial charge on any atom is -0.322 e. The first kappa shape index (κ1) is 13.6. The number of para-hydroxylation sites is 1. The van der Waals surface area contributed by atoms with Crippen LogP contribution in [-0.4, -0.2) is 23.2 Å². The lowest BCUT2D eigenvalue weighted by Gasteiger charge is -2.28. The molecule has 0 fully saturated rings. The normalized spacial score (nSPS) is 15.8. The largest absolute Gasteiger partial charge is 0.322 e. The molecule has 1 amide bonds. The van der Waals surface area contributed by atoms with Crippen LogP contribution in [0.5, 0.6) is 0 Å². The van der Waals surface area contributed by atoms with E-state index in [0.29, 0.717) is 12.2 Å². The Morgan fingerprint density at radius 2 is 2.25 bits per heavy atom. The highest BCUT2D eigenvalue weighted by atomic mass is 32.2. The van der Waals surface area contributed by atoms with E-state index in [2.05, 4.69) is 4.98 Å². The predicted octanol–water partition coefficient (Wildman–Crippen LogP) is 2.92. The van der Waals surface area contributed by atoms with Crippen molar-refractivity contribution in [1.29, 1.82) is 0 Å². The number of benzene rings is 1. The van der Waals surface area contributed by atoms with Crippen LogP contribution in [0.3, 0.4) is 0 Å². The number of amides is 1. The fraction of sp³-hybridized carbons (Fsp3) is 0.286. The third kappa shape index (κ3) is 2.46. The molecule has 1 aliphatic heterocycles. The lowest BCUT2D eigenvalue weighted by molar-refractivity contribution is 0.0983. The van der Waals surface area contributed by atoms with Gasteiger partial charge in [0.05, 0.1) is 11.7 Å². The average molecular weight is 305 g/mol. The van der Waals surface area contributed by atoms with Crippen LogP contribution in [-0.2, 0) is 0 Å². The summed E-state index contributed by atoms with van der Waals surface area (Å²) >= 11 is 3.23.